The van der Waals surface area contributed by atoms with Crippen molar-refractivity contribution >= 4 is 23.5 Å². The normalized spacial score (nSPS) is 16.1. The predicted octanol–water partition coefficient (Wildman–Crippen LogP) is 5.95. The monoisotopic (exact) mass is 380 g/mol. The minimum atomic E-state index is -0.371. The highest BCUT2D eigenvalue weighted by Gasteiger charge is 2.40. The van der Waals surface area contributed by atoms with Gasteiger partial charge >= 0.3 is 0 Å². The van der Waals surface area contributed by atoms with Gasteiger partial charge in [0, 0.05) is 15.2 Å². The van der Waals surface area contributed by atoms with Gasteiger partial charge in [-0.2, -0.15) is 0 Å². The van der Waals surface area contributed by atoms with Gasteiger partial charge in [0.2, 0.25) is 0 Å². The molecule has 1 aliphatic heterocycles. The number of para-hydroxylation sites is 1. The van der Waals surface area contributed by atoms with Crippen LogP contribution in [0.3, 0.4) is 0 Å². The zero-order valence-corrected chi connectivity index (χ0v) is 16.1. The minimum Gasteiger partial charge on any atom is -0.457 e. The molecule has 4 rings (SSSR count). The SMILES string of the molecule is C[C@](CO)(c1cccc(Oc2ccccc2)c1)C1Sc2ccccc2S1. The van der Waals surface area contributed by atoms with Gasteiger partial charge in [0.05, 0.1) is 11.2 Å². The van der Waals surface area contributed by atoms with Crippen LogP contribution >= 0.6 is 23.5 Å². The van der Waals surface area contributed by atoms with Gasteiger partial charge in [0.1, 0.15) is 11.5 Å². The van der Waals surface area contributed by atoms with E-state index in [1.165, 1.54) is 9.79 Å². The van der Waals surface area contributed by atoms with E-state index in [9.17, 15) is 5.11 Å². The summed E-state index contributed by atoms with van der Waals surface area (Å²) in [6.45, 7) is 2.21. The van der Waals surface area contributed by atoms with E-state index < -0.39 is 0 Å². The second kappa shape index (κ2) is 7.39. The number of ether oxygens (including phenoxy) is 1. The Morgan fingerprint density at radius 1 is 0.846 bits per heavy atom. The molecule has 0 bridgehead atoms. The number of aliphatic hydroxyl groups excluding tert-OH is 1. The van der Waals surface area contributed by atoms with Crippen LogP contribution in [0.15, 0.2) is 88.7 Å². The second-order valence-electron chi connectivity index (χ2n) is 6.53. The Bertz CT molecular complexity index is 872. The molecule has 0 aromatic heterocycles. The Hall–Kier alpha value is -1.88. The largest absolute Gasteiger partial charge is 0.457 e. The number of hydrogen-bond acceptors (Lipinski definition) is 4. The highest BCUT2D eigenvalue weighted by Crippen LogP contribution is 2.55. The van der Waals surface area contributed by atoms with Crippen LogP contribution in [0, 0.1) is 0 Å². The van der Waals surface area contributed by atoms with Crippen molar-refractivity contribution in [3.63, 3.8) is 0 Å². The smallest absolute Gasteiger partial charge is 0.127 e. The average molecular weight is 381 g/mol. The molecule has 3 aromatic carbocycles. The van der Waals surface area contributed by atoms with Gasteiger partial charge in [-0.25, -0.2) is 0 Å². The molecular formula is C22H20O2S2. The molecule has 0 radical (unpaired) electrons. The Balaban J connectivity index is 1.61. The predicted molar refractivity (Wildman–Crippen MR) is 109 cm³/mol. The van der Waals surface area contributed by atoms with Crippen molar-refractivity contribution < 1.29 is 9.84 Å². The third kappa shape index (κ3) is 3.37. The zero-order chi connectivity index (χ0) is 18.0. The fourth-order valence-corrected chi connectivity index (χ4v) is 6.19. The Morgan fingerprint density at radius 3 is 2.12 bits per heavy atom. The van der Waals surface area contributed by atoms with E-state index >= 15 is 0 Å². The minimum absolute atomic E-state index is 0.0838. The molecular weight excluding hydrogens is 360 g/mol. The third-order valence-corrected chi connectivity index (χ3v) is 8.03. The summed E-state index contributed by atoms with van der Waals surface area (Å²) in [7, 11) is 0. The molecule has 0 spiro atoms. The molecule has 1 heterocycles. The molecule has 4 heteroatoms. The summed E-state index contributed by atoms with van der Waals surface area (Å²) in [5.41, 5.74) is 0.718. The molecule has 1 aliphatic rings. The summed E-state index contributed by atoms with van der Waals surface area (Å²) in [6, 6.07) is 26.3. The topological polar surface area (TPSA) is 29.5 Å². The summed E-state index contributed by atoms with van der Waals surface area (Å²) >= 11 is 3.67. The molecule has 1 atom stereocenters. The van der Waals surface area contributed by atoms with Crippen molar-refractivity contribution in [3.8, 4) is 11.5 Å². The first-order chi connectivity index (χ1) is 12.7. The van der Waals surface area contributed by atoms with Crippen LogP contribution in [-0.2, 0) is 5.41 Å². The lowest BCUT2D eigenvalue weighted by Gasteiger charge is -2.33. The fraction of sp³-hybridized carbons (Fsp3) is 0.182. The number of hydrogen-bond donors (Lipinski definition) is 1. The number of aliphatic hydroxyl groups is 1. The molecule has 1 N–H and O–H groups in total. The van der Waals surface area contributed by atoms with E-state index in [1.807, 2.05) is 72.1 Å². The van der Waals surface area contributed by atoms with Crippen LogP contribution < -0.4 is 4.74 Å². The maximum atomic E-state index is 10.3. The van der Waals surface area contributed by atoms with Gasteiger partial charge < -0.3 is 9.84 Å². The molecule has 0 unspecified atom stereocenters. The summed E-state index contributed by atoms with van der Waals surface area (Å²) in [5.74, 6) is 1.60. The van der Waals surface area contributed by atoms with Gasteiger partial charge in [-0.05, 0) is 42.0 Å². The zero-order valence-electron chi connectivity index (χ0n) is 14.5. The van der Waals surface area contributed by atoms with Crippen molar-refractivity contribution in [2.45, 2.75) is 26.7 Å². The third-order valence-electron chi connectivity index (χ3n) is 4.64. The Labute approximate surface area is 162 Å². The lowest BCUT2D eigenvalue weighted by molar-refractivity contribution is 0.216. The van der Waals surface area contributed by atoms with Gasteiger partial charge in [-0.1, -0.05) is 49.4 Å². The molecule has 2 nitrogen and oxygen atoms in total. The molecule has 132 valence electrons. The van der Waals surface area contributed by atoms with E-state index in [1.54, 1.807) is 0 Å². The van der Waals surface area contributed by atoms with Crippen LogP contribution in [0.2, 0.25) is 0 Å². The number of rotatable bonds is 5. The number of benzene rings is 3. The molecule has 26 heavy (non-hydrogen) atoms. The highest BCUT2D eigenvalue weighted by molar-refractivity contribution is 8.19. The summed E-state index contributed by atoms with van der Waals surface area (Å²) in [4.78, 5) is 2.58. The van der Waals surface area contributed by atoms with E-state index in [-0.39, 0.29) is 16.6 Å². The molecule has 0 aliphatic carbocycles. The summed E-state index contributed by atoms with van der Waals surface area (Å²) < 4.78 is 6.21. The van der Waals surface area contributed by atoms with E-state index in [0.29, 0.717) is 0 Å². The molecule has 3 aromatic rings. The number of thioether (sulfide) groups is 2. The first-order valence-electron chi connectivity index (χ1n) is 8.56. The molecule has 0 saturated carbocycles. The summed E-state index contributed by atoms with van der Waals surface area (Å²) in [6.07, 6.45) is 0. The first kappa shape index (κ1) is 17.5. The van der Waals surface area contributed by atoms with Crippen molar-refractivity contribution in [1.82, 2.24) is 0 Å². The fourth-order valence-electron chi connectivity index (χ4n) is 3.00. The lowest BCUT2D eigenvalue weighted by Crippen LogP contribution is -2.35. The van der Waals surface area contributed by atoms with Gasteiger partial charge in [-0.3, -0.25) is 0 Å². The van der Waals surface area contributed by atoms with Crippen LogP contribution in [0.25, 0.3) is 0 Å². The Morgan fingerprint density at radius 2 is 1.46 bits per heavy atom. The molecule has 0 fully saturated rings. The second-order valence-corrected chi connectivity index (χ2v) is 9.13. The van der Waals surface area contributed by atoms with E-state index in [0.717, 1.165) is 17.1 Å². The number of fused-ring (bicyclic) bond motifs is 1. The Kier molecular flexibility index (Phi) is 4.98. The standard InChI is InChI=1S/C22H20O2S2/c1-22(15-23,21-25-19-12-5-6-13-20(19)26-21)16-8-7-11-18(14-16)24-17-9-3-2-4-10-17/h2-14,21,23H,15H2,1H3/t22-/m0/s1. The van der Waals surface area contributed by atoms with Gasteiger partial charge in [0.25, 0.3) is 0 Å². The van der Waals surface area contributed by atoms with Crippen molar-refractivity contribution in [2.75, 3.05) is 6.61 Å². The van der Waals surface area contributed by atoms with Crippen molar-refractivity contribution in [2.24, 2.45) is 0 Å². The van der Waals surface area contributed by atoms with Gasteiger partial charge in [-0.15, -0.1) is 23.5 Å². The van der Waals surface area contributed by atoms with Crippen LogP contribution in [0.5, 0.6) is 11.5 Å². The lowest BCUT2D eigenvalue weighted by atomic mass is 9.85. The first-order valence-corrected chi connectivity index (χ1v) is 10.3. The van der Waals surface area contributed by atoms with E-state index in [4.69, 9.17) is 4.74 Å². The summed E-state index contributed by atoms with van der Waals surface area (Å²) in [5, 5.41) is 10.3. The highest BCUT2D eigenvalue weighted by atomic mass is 32.2. The quantitative estimate of drug-likeness (QED) is 0.592. The maximum absolute atomic E-state index is 10.3. The van der Waals surface area contributed by atoms with Crippen LogP contribution in [-0.4, -0.2) is 16.3 Å². The molecule has 0 saturated heterocycles. The van der Waals surface area contributed by atoms with Crippen LogP contribution in [0.4, 0.5) is 0 Å². The van der Waals surface area contributed by atoms with Crippen molar-refractivity contribution in [3.05, 3.63) is 84.4 Å². The van der Waals surface area contributed by atoms with Crippen LogP contribution in [0.1, 0.15) is 12.5 Å². The average Bonchev–Trinajstić information content (AvgIpc) is 3.13. The van der Waals surface area contributed by atoms with Gasteiger partial charge in [0.15, 0.2) is 0 Å². The maximum Gasteiger partial charge on any atom is 0.127 e. The van der Waals surface area contributed by atoms with Crippen molar-refractivity contribution in [1.29, 1.82) is 0 Å². The van der Waals surface area contributed by atoms with E-state index in [2.05, 4.69) is 37.3 Å². The molecule has 0 amide bonds.